The predicted molar refractivity (Wildman–Crippen MR) is 98.7 cm³/mol. The van der Waals surface area contributed by atoms with Gasteiger partial charge in [-0.1, -0.05) is 12.1 Å². The van der Waals surface area contributed by atoms with E-state index in [1.807, 2.05) is 6.07 Å². The van der Waals surface area contributed by atoms with Gasteiger partial charge < -0.3 is 10.6 Å². The number of hydrogen-bond acceptors (Lipinski definition) is 4. The van der Waals surface area contributed by atoms with E-state index < -0.39 is 0 Å². The summed E-state index contributed by atoms with van der Waals surface area (Å²) < 4.78 is 0. The van der Waals surface area contributed by atoms with Crippen LogP contribution in [0.25, 0.3) is 0 Å². The molecule has 5 nitrogen and oxygen atoms in total. The Hall–Kier alpha value is -0.880. The molecule has 1 aromatic rings. The third-order valence-corrected chi connectivity index (χ3v) is 3.91. The lowest BCUT2D eigenvalue weighted by molar-refractivity contribution is -0.384. The van der Waals surface area contributed by atoms with Crippen LogP contribution < -0.4 is 10.6 Å². The number of non-ortho nitro benzene ring substituents is 1. The van der Waals surface area contributed by atoms with Crippen molar-refractivity contribution in [2.45, 2.75) is 64.2 Å². The summed E-state index contributed by atoms with van der Waals surface area (Å²) >= 11 is 0. The Labute approximate surface area is 150 Å². The van der Waals surface area contributed by atoms with Gasteiger partial charge in [0.05, 0.1) is 4.92 Å². The average molecular weight is 364 g/mol. The van der Waals surface area contributed by atoms with Crippen LogP contribution in [-0.4, -0.2) is 22.0 Å². The molecular formula is C16H27Cl2N3O2. The molecule has 132 valence electrons. The first-order chi connectivity index (χ1) is 9.67. The molecule has 1 fully saturated rings. The van der Waals surface area contributed by atoms with E-state index in [4.69, 9.17) is 0 Å². The Kier molecular flexibility index (Phi) is 7.97. The van der Waals surface area contributed by atoms with Crippen LogP contribution in [0.1, 0.15) is 46.1 Å². The second kappa shape index (κ2) is 8.29. The van der Waals surface area contributed by atoms with Gasteiger partial charge in [-0.15, -0.1) is 24.8 Å². The molecule has 0 amide bonds. The average Bonchev–Trinajstić information content (AvgIpc) is 2.33. The zero-order valence-electron chi connectivity index (χ0n) is 14.1. The molecule has 2 N–H and O–H groups in total. The third kappa shape index (κ3) is 6.63. The van der Waals surface area contributed by atoms with Crippen LogP contribution in [0.15, 0.2) is 24.3 Å². The summed E-state index contributed by atoms with van der Waals surface area (Å²) in [5, 5.41) is 18.0. The fourth-order valence-corrected chi connectivity index (χ4v) is 3.51. The van der Waals surface area contributed by atoms with Gasteiger partial charge in [-0.05, 0) is 46.1 Å². The second-order valence-corrected chi connectivity index (χ2v) is 7.31. The molecule has 0 aliphatic carbocycles. The number of piperidine rings is 1. The molecule has 0 radical (unpaired) electrons. The minimum atomic E-state index is -0.347. The molecule has 0 unspecified atom stereocenters. The summed E-state index contributed by atoms with van der Waals surface area (Å²) in [6.07, 6.45) is 2.09. The van der Waals surface area contributed by atoms with Crippen LogP contribution in [0, 0.1) is 10.1 Å². The summed E-state index contributed by atoms with van der Waals surface area (Å²) in [6, 6.07) is 7.25. The van der Waals surface area contributed by atoms with Crippen molar-refractivity contribution in [1.82, 2.24) is 10.6 Å². The van der Waals surface area contributed by atoms with Crippen LogP contribution in [0.5, 0.6) is 0 Å². The number of rotatable bonds is 4. The Balaban J connectivity index is 0.00000242. The summed E-state index contributed by atoms with van der Waals surface area (Å²) in [4.78, 5) is 10.5. The molecule has 7 heteroatoms. The van der Waals surface area contributed by atoms with Crippen molar-refractivity contribution in [3.8, 4) is 0 Å². The van der Waals surface area contributed by atoms with Crippen LogP contribution in [0.4, 0.5) is 5.69 Å². The van der Waals surface area contributed by atoms with Crippen LogP contribution in [0.2, 0.25) is 0 Å². The van der Waals surface area contributed by atoms with Crippen molar-refractivity contribution in [3.05, 3.63) is 39.9 Å². The van der Waals surface area contributed by atoms with E-state index >= 15 is 0 Å². The predicted octanol–water partition coefficient (Wildman–Crippen LogP) is 3.84. The first kappa shape index (κ1) is 22.1. The van der Waals surface area contributed by atoms with E-state index in [-0.39, 0.29) is 46.5 Å². The molecule has 0 bridgehead atoms. The SMILES string of the molecule is CC1(C)CC(NCc2cccc([N+](=O)[O-])c2)CC(C)(C)N1.Cl.Cl. The van der Waals surface area contributed by atoms with Crippen molar-refractivity contribution in [2.24, 2.45) is 0 Å². The van der Waals surface area contributed by atoms with Gasteiger partial charge in [-0.25, -0.2) is 0 Å². The fourth-order valence-electron chi connectivity index (χ4n) is 3.51. The number of benzene rings is 1. The Morgan fingerprint density at radius 3 is 2.30 bits per heavy atom. The van der Waals surface area contributed by atoms with Gasteiger partial charge in [0.15, 0.2) is 0 Å². The molecule has 0 aromatic heterocycles. The molecule has 0 atom stereocenters. The molecular weight excluding hydrogens is 337 g/mol. The first-order valence-electron chi connectivity index (χ1n) is 7.43. The van der Waals surface area contributed by atoms with Gasteiger partial charge >= 0.3 is 0 Å². The maximum atomic E-state index is 10.8. The smallest absolute Gasteiger partial charge is 0.269 e. The van der Waals surface area contributed by atoms with Gasteiger partial charge in [0.1, 0.15) is 0 Å². The van der Waals surface area contributed by atoms with E-state index in [9.17, 15) is 10.1 Å². The van der Waals surface area contributed by atoms with Crippen LogP contribution >= 0.6 is 24.8 Å². The van der Waals surface area contributed by atoms with Crippen molar-refractivity contribution >= 4 is 30.5 Å². The van der Waals surface area contributed by atoms with E-state index in [1.165, 1.54) is 6.07 Å². The molecule has 1 aromatic carbocycles. The number of halogens is 2. The molecule has 0 spiro atoms. The van der Waals surface area contributed by atoms with Gasteiger partial charge in [0.25, 0.3) is 5.69 Å². The lowest BCUT2D eigenvalue weighted by Gasteiger charge is -2.46. The zero-order valence-corrected chi connectivity index (χ0v) is 15.7. The van der Waals surface area contributed by atoms with Crippen LogP contribution in [-0.2, 0) is 6.54 Å². The van der Waals surface area contributed by atoms with E-state index in [2.05, 4.69) is 38.3 Å². The number of hydrogen-bond donors (Lipinski definition) is 2. The molecule has 1 saturated heterocycles. The van der Waals surface area contributed by atoms with Crippen LogP contribution in [0.3, 0.4) is 0 Å². The highest BCUT2D eigenvalue weighted by molar-refractivity contribution is 5.85. The summed E-state index contributed by atoms with van der Waals surface area (Å²) in [6.45, 7) is 9.54. The lowest BCUT2D eigenvalue weighted by atomic mass is 9.79. The maximum absolute atomic E-state index is 10.8. The minimum Gasteiger partial charge on any atom is -0.310 e. The Bertz CT molecular complexity index is 520. The van der Waals surface area contributed by atoms with Crippen molar-refractivity contribution in [1.29, 1.82) is 0 Å². The van der Waals surface area contributed by atoms with Crippen molar-refractivity contribution in [3.63, 3.8) is 0 Å². The largest absolute Gasteiger partial charge is 0.310 e. The highest BCUT2D eigenvalue weighted by Gasteiger charge is 2.37. The van der Waals surface area contributed by atoms with Gasteiger partial charge in [0, 0.05) is 35.8 Å². The minimum absolute atomic E-state index is 0. The number of nitrogens with zero attached hydrogens (tertiary/aromatic N) is 1. The van der Waals surface area contributed by atoms with Gasteiger partial charge in [-0.3, -0.25) is 10.1 Å². The first-order valence-corrected chi connectivity index (χ1v) is 7.43. The van der Waals surface area contributed by atoms with E-state index in [0.29, 0.717) is 12.6 Å². The molecule has 2 rings (SSSR count). The number of nitro benzene ring substituents is 1. The number of nitrogens with one attached hydrogen (secondary N) is 2. The highest BCUT2D eigenvalue weighted by Crippen LogP contribution is 2.28. The standard InChI is InChI=1S/C16H25N3O2.2ClH/c1-15(2)9-13(10-16(3,4)18-15)17-11-12-6-5-7-14(8-12)19(20)21;;/h5-8,13,17-18H,9-11H2,1-4H3;2*1H. The normalized spacial score (nSPS) is 19.3. The molecule has 1 heterocycles. The Morgan fingerprint density at radius 1 is 1.22 bits per heavy atom. The summed E-state index contributed by atoms with van der Waals surface area (Å²) in [5.74, 6) is 0. The molecule has 1 aliphatic rings. The second-order valence-electron chi connectivity index (χ2n) is 7.31. The highest BCUT2D eigenvalue weighted by atomic mass is 35.5. The number of nitro groups is 1. The summed E-state index contributed by atoms with van der Waals surface area (Å²) in [5.41, 5.74) is 1.31. The lowest BCUT2D eigenvalue weighted by Crippen LogP contribution is -2.61. The van der Waals surface area contributed by atoms with Crippen molar-refractivity contribution in [2.75, 3.05) is 0 Å². The fraction of sp³-hybridized carbons (Fsp3) is 0.625. The summed E-state index contributed by atoms with van der Waals surface area (Å²) in [7, 11) is 0. The molecule has 23 heavy (non-hydrogen) atoms. The molecule has 1 aliphatic heterocycles. The van der Waals surface area contributed by atoms with E-state index in [0.717, 1.165) is 18.4 Å². The van der Waals surface area contributed by atoms with Crippen molar-refractivity contribution < 1.29 is 4.92 Å². The quantitative estimate of drug-likeness (QED) is 0.629. The monoisotopic (exact) mass is 363 g/mol. The topological polar surface area (TPSA) is 67.2 Å². The van der Waals surface area contributed by atoms with Gasteiger partial charge in [0.2, 0.25) is 0 Å². The maximum Gasteiger partial charge on any atom is 0.269 e. The van der Waals surface area contributed by atoms with E-state index in [1.54, 1.807) is 12.1 Å². The third-order valence-electron chi connectivity index (χ3n) is 3.91. The Morgan fingerprint density at radius 2 is 1.78 bits per heavy atom. The molecule has 0 saturated carbocycles. The zero-order chi connectivity index (χ0) is 15.7. The van der Waals surface area contributed by atoms with Gasteiger partial charge in [-0.2, -0.15) is 0 Å².